The van der Waals surface area contributed by atoms with Gasteiger partial charge in [-0.25, -0.2) is 26.1 Å². The largest absolute Gasteiger partial charge is 0.317 e. The summed E-state index contributed by atoms with van der Waals surface area (Å²) in [5.41, 5.74) is 0. The molecule has 0 aromatic rings. The van der Waals surface area contributed by atoms with Crippen LogP contribution in [0.15, 0.2) is 9.98 Å². The highest BCUT2D eigenvalue weighted by Gasteiger charge is 2.51. The van der Waals surface area contributed by atoms with E-state index in [2.05, 4.69) is 14.8 Å². The molecule has 21 heavy (non-hydrogen) atoms. The first-order chi connectivity index (χ1) is 10.3. The van der Waals surface area contributed by atoms with Gasteiger partial charge in [-0.3, -0.25) is 0 Å². The van der Waals surface area contributed by atoms with Gasteiger partial charge in [0, 0.05) is 6.42 Å². The van der Waals surface area contributed by atoms with Gasteiger partial charge in [0.1, 0.15) is 0 Å². The van der Waals surface area contributed by atoms with Gasteiger partial charge in [0.2, 0.25) is 18.7 Å². The lowest BCUT2D eigenvalue weighted by molar-refractivity contribution is 0.153. The summed E-state index contributed by atoms with van der Waals surface area (Å²) in [5.74, 6) is 2.92. The molecule has 2 aliphatic rings. The molecular weight excluding hydrogens is 266 g/mol. The standard InChI is InChI=1S/C16H21N3O2/c1-17-5-2-3-14-13-7-12(4-6-18-10-20)15(8-13)16(14)9-19-11-21/h12-16H,2-9H2. The van der Waals surface area contributed by atoms with Crippen molar-refractivity contribution in [1.29, 1.82) is 0 Å². The van der Waals surface area contributed by atoms with E-state index in [1.807, 2.05) is 0 Å². The van der Waals surface area contributed by atoms with E-state index in [0.717, 1.165) is 19.3 Å². The molecule has 112 valence electrons. The Balaban J connectivity index is 1.97. The van der Waals surface area contributed by atoms with Gasteiger partial charge in [-0.15, -0.1) is 0 Å². The fourth-order valence-corrected chi connectivity index (χ4v) is 4.62. The molecule has 5 heteroatoms. The molecule has 0 heterocycles. The Bertz CT molecular complexity index is 484. The normalized spacial score (nSPS) is 33.0. The van der Waals surface area contributed by atoms with Gasteiger partial charge in [0.05, 0.1) is 13.1 Å². The number of nitrogens with zero attached hydrogens (tertiary/aromatic N) is 3. The van der Waals surface area contributed by atoms with Gasteiger partial charge in [-0.05, 0) is 55.3 Å². The highest BCUT2D eigenvalue weighted by molar-refractivity contribution is 5.33. The Morgan fingerprint density at radius 2 is 1.90 bits per heavy atom. The number of carbonyl (C=O) groups excluding carboxylic acids is 2. The van der Waals surface area contributed by atoms with Crippen molar-refractivity contribution in [3.8, 4) is 0 Å². The van der Waals surface area contributed by atoms with Crippen LogP contribution in [0.2, 0.25) is 0 Å². The van der Waals surface area contributed by atoms with Crippen LogP contribution in [0, 0.1) is 36.2 Å². The average Bonchev–Trinajstić information content (AvgIpc) is 3.04. The molecule has 2 rings (SSSR count). The smallest absolute Gasteiger partial charge is 0.234 e. The van der Waals surface area contributed by atoms with Gasteiger partial charge in [-0.1, -0.05) is 0 Å². The predicted molar refractivity (Wildman–Crippen MR) is 78.0 cm³/mol. The second-order valence-corrected chi connectivity index (χ2v) is 6.20. The van der Waals surface area contributed by atoms with E-state index in [4.69, 9.17) is 6.57 Å². The van der Waals surface area contributed by atoms with Crippen molar-refractivity contribution in [3.05, 3.63) is 11.4 Å². The Morgan fingerprint density at radius 3 is 2.62 bits per heavy atom. The van der Waals surface area contributed by atoms with Gasteiger partial charge >= 0.3 is 0 Å². The van der Waals surface area contributed by atoms with Crippen molar-refractivity contribution in [2.24, 2.45) is 39.6 Å². The maximum absolute atomic E-state index is 10.4. The van der Waals surface area contributed by atoms with Crippen LogP contribution >= 0.6 is 0 Å². The fraction of sp³-hybridized carbons (Fsp3) is 0.812. The maximum atomic E-state index is 10.4. The summed E-state index contributed by atoms with van der Waals surface area (Å²) in [6.45, 7) is 8.60. The molecule has 0 aromatic carbocycles. The van der Waals surface area contributed by atoms with E-state index < -0.39 is 0 Å². The van der Waals surface area contributed by atoms with E-state index >= 15 is 0 Å². The molecule has 2 fully saturated rings. The van der Waals surface area contributed by atoms with Crippen molar-refractivity contribution in [2.45, 2.75) is 32.1 Å². The van der Waals surface area contributed by atoms with Gasteiger partial charge in [0.25, 0.3) is 0 Å². The van der Waals surface area contributed by atoms with Crippen molar-refractivity contribution in [2.75, 3.05) is 19.6 Å². The van der Waals surface area contributed by atoms with Gasteiger partial charge in [-0.2, -0.15) is 0 Å². The zero-order valence-electron chi connectivity index (χ0n) is 12.2. The van der Waals surface area contributed by atoms with E-state index in [1.54, 1.807) is 12.2 Å². The van der Waals surface area contributed by atoms with Gasteiger partial charge in [0.15, 0.2) is 0 Å². The summed E-state index contributed by atoms with van der Waals surface area (Å²) in [6, 6.07) is 0. The molecule has 0 spiro atoms. The molecule has 0 aromatic heterocycles. The summed E-state index contributed by atoms with van der Waals surface area (Å²) < 4.78 is 0. The quantitative estimate of drug-likeness (QED) is 0.298. The van der Waals surface area contributed by atoms with Crippen LogP contribution in [-0.4, -0.2) is 31.8 Å². The molecule has 5 unspecified atom stereocenters. The zero-order chi connectivity index (χ0) is 15.1. The zero-order valence-corrected chi connectivity index (χ0v) is 12.2. The van der Waals surface area contributed by atoms with Crippen LogP contribution in [0.5, 0.6) is 0 Å². The van der Waals surface area contributed by atoms with Crippen LogP contribution < -0.4 is 0 Å². The molecular formula is C16H21N3O2. The van der Waals surface area contributed by atoms with Crippen molar-refractivity contribution < 1.29 is 9.59 Å². The second-order valence-electron chi connectivity index (χ2n) is 6.20. The van der Waals surface area contributed by atoms with Crippen LogP contribution in [0.4, 0.5) is 0 Å². The molecule has 0 saturated heterocycles. The van der Waals surface area contributed by atoms with Crippen LogP contribution in [-0.2, 0) is 9.59 Å². The monoisotopic (exact) mass is 287 g/mol. The Labute approximate surface area is 125 Å². The Kier molecular flexibility index (Phi) is 5.87. The average molecular weight is 287 g/mol. The van der Waals surface area contributed by atoms with Crippen LogP contribution in [0.3, 0.4) is 0 Å². The van der Waals surface area contributed by atoms with E-state index in [1.165, 1.54) is 12.8 Å². The maximum Gasteiger partial charge on any atom is 0.234 e. The molecule has 0 N–H and O–H groups in total. The Morgan fingerprint density at radius 1 is 1.10 bits per heavy atom. The molecule has 5 atom stereocenters. The summed E-state index contributed by atoms with van der Waals surface area (Å²) in [4.78, 5) is 31.5. The van der Waals surface area contributed by atoms with Crippen molar-refractivity contribution in [3.63, 3.8) is 0 Å². The Hall–Kier alpha value is -1.75. The number of fused-ring (bicyclic) bond motifs is 2. The fourth-order valence-electron chi connectivity index (χ4n) is 4.62. The van der Waals surface area contributed by atoms with Crippen molar-refractivity contribution in [1.82, 2.24) is 0 Å². The predicted octanol–water partition coefficient (Wildman–Crippen LogP) is 2.64. The molecule has 2 saturated carbocycles. The van der Waals surface area contributed by atoms with Crippen LogP contribution in [0.1, 0.15) is 32.1 Å². The highest BCUT2D eigenvalue weighted by atomic mass is 16.1. The van der Waals surface area contributed by atoms with Crippen molar-refractivity contribution >= 4 is 12.2 Å². The molecule has 2 aliphatic carbocycles. The third kappa shape index (κ3) is 3.67. The lowest BCUT2D eigenvalue weighted by atomic mass is 9.71. The van der Waals surface area contributed by atoms with Crippen LogP contribution in [0.25, 0.3) is 4.85 Å². The minimum atomic E-state index is 0.446. The SMILES string of the molecule is [C-]#[N+]CCCC1C2CC(CCN=C=O)C(C2)C1CN=C=O. The third-order valence-corrected chi connectivity index (χ3v) is 5.34. The first-order valence-corrected chi connectivity index (χ1v) is 7.72. The topological polar surface area (TPSA) is 63.2 Å². The summed E-state index contributed by atoms with van der Waals surface area (Å²) in [6.07, 6.45) is 8.62. The van der Waals surface area contributed by atoms with Gasteiger partial charge < -0.3 is 4.85 Å². The van der Waals surface area contributed by atoms with E-state index in [-0.39, 0.29) is 0 Å². The highest BCUT2D eigenvalue weighted by Crippen LogP contribution is 2.57. The summed E-state index contributed by atoms with van der Waals surface area (Å²) in [5, 5.41) is 0. The summed E-state index contributed by atoms with van der Waals surface area (Å²) >= 11 is 0. The molecule has 0 radical (unpaired) electrons. The number of hydrogen-bond acceptors (Lipinski definition) is 4. The number of aliphatic imine (C=N–C) groups is 2. The number of hydrogen-bond donors (Lipinski definition) is 0. The first-order valence-electron chi connectivity index (χ1n) is 7.72. The minimum absolute atomic E-state index is 0.446. The second kappa shape index (κ2) is 7.88. The lowest BCUT2D eigenvalue weighted by Crippen LogP contribution is -2.30. The van der Waals surface area contributed by atoms with E-state index in [0.29, 0.717) is 49.2 Å². The minimum Gasteiger partial charge on any atom is -0.317 e. The molecule has 2 bridgehead atoms. The molecule has 0 amide bonds. The molecule has 5 nitrogen and oxygen atoms in total. The third-order valence-electron chi connectivity index (χ3n) is 5.34. The lowest BCUT2D eigenvalue weighted by Gasteiger charge is -2.34. The first kappa shape index (κ1) is 15.6. The number of rotatable bonds is 8. The summed E-state index contributed by atoms with van der Waals surface area (Å²) in [7, 11) is 0. The van der Waals surface area contributed by atoms with E-state index in [9.17, 15) is 9.59 Å². The number of isocyanates is 2. The molecule has 0 aliphatic heterocycles.